The Kier molecular flexibility index (Phi) is 9.83. The fourth-order valence-corrected chi connectivity index (χ4v) is 10.2. The quantitative estimate of drug-likeness (QED) is 0.162. The highest BCUT2D eigenvalue weighted by Gasteiger charge is 2.29. The van der Waals surface area contributed by atoms with E-state index in [-0.39, 0.29) is 0 Å². The molecule has 0 N–H and O–H groups in total. The lowest BCUT2D eigenvalue weighted by Crippen LogP contribution is -2.08. The number of fused-ring (bicyclic) bond motifs is 11. The Bertz CT molecular complexity index is 3720. The summed E-state index contributed by atoms with van der Waals surface area (Å²) in [7, 11) is 0. The number of hydrogen-bond acceptors (Lipinski definition) is 3. The van der Waals surface area contributed by atoms with Crippen molar-refractivity contribution in [2.45, 2.75) is 39.5 Å². The largest absolute Gasteiger partial charge is 0.312 e. The van der Waals surface area contributed by atoms with E-state index < -0.39 is 0 Å². The van der Waals surface area contributed by atoms with Gasteiger partial charge in [0.1, 0.15) is 0 Å². The summed E-state index contributed by atoms with van der Waals surface area (Å²) in [4.78, 5) is 15.2. The number of allylic oxidation sites excluding steroid dienone is 3. The molecule has 316 valence electrons. The van der Waals surface area contributed by atoms with Crippen LogP contribution in [0.25, 0.3) is 106 Å². The number of rotatable bonds is 5. The maximum atomic E-state index is 5.13. The highest BCUT2D eigenvalue weighted by molar-refractivity contribution is 6.15. The van der Waals surface area contributed by atoms with Crippen molar-refractivity contribution >= 4 is 49.4 Å². The number of nitrogens with zero attached hydrogens (tertiary/aromatic N) is 5. The van der Waals surface area contributed by atoms with Gasteiger partial charge in [-0.3, -0.25) is 0 Å². The van der Waals surface area contributed by atoms with E-state index in [9.17, 15) is 0 Å². The molecule has 0 radical (unpaired) electrons. The van der Waals surface area contributed by atoms with Gasteiger partial charge < -0.3 is 9.13 Å². The minimum Gasteiger partial charge on any atom is -0.312 e. The first-order valence-electron chi connectivity index (χ1n) is 23.1. The van der Waals surface area contributed by atoms with E-state index in [1.807, 2.05) is 44.2 Å². The number of para-hydroxylation sites is 1. The van der Waals surface area contributed by atoms with E-state index in [0.717, 1.165) is 53.1 Å². The molecule has 8 aromatic carbocycles. The molecule has 0 aliphatic heterocycles. The Morgan fingerprint density at radius 3 is 1.86 bits per heavy atom. The van der Waals surface area contributed by atoms with E-state index in [4.69, 9.17) is 15.0 Å². The first kappa shape index (κ1) is 39.4. The average molecular weight is 850 g/mol. The van der Waals surface area contributed by atoms with Gasteiger partial charge in [-0.05, 0) is 126 Å². The summed E-state index contributed by atoms with van der Waals surface area (Å²) in [6.07, 6.45) is 12.7. The van der Waals surface area contributed by atoms with Gasteiger partial charge in [-0.25, -0.2) is 15.0 Å². The molecule has 5 nitrogen and oxygen atoms in total. The molecule has 3 heterocycles. The van der Waals surface area contributed by atoms with Crippen LogP contribution in [0.4, 0.5) is 0 Å². The van der Waals surface area contributed by atoms with Crippen LogP contribution in [-0.4, -0.2) is 24.1 Å². The van der Waals surface area contributed by atoms with Crippen LogP contribution in [0.15, 0.2) is 194 Å². The zero-order valence-corrected chi connectivity index (χ0v) is 37.1. The summed E-state index contributed by atoms with van der Waals surface area (Å²) in [5.74, 6) is 1.97. The molecule has 5 heteroatoms. The van der Waals surface area contributed by atoms with Crippen molar-refractivity contribution in [2.75, 3.05) is 0 Å². The molecule has 13 rings (SSSR count). The van der Waals surface area contributed by atoms with Crippen molar-refractivity contribution in [1.29, 1.82) is 0 Å². The Morgan fingerprint density at radius 1 is 0.485 bits per heavy atom. The van der Waals surface area contributed by atoms with Crippen molar-refractivity contribution in [2.24, 2.45) is 0 Å². The van der Waals surface area contributed by atoms with Gasteiger partial charge in [-0.1, -0.05) is 152 Å². The molecule has 66 heavy (non-hydrogen) atoms. The summed E-state index contributed by atoms with van der Waals surface area (Å²) < 4.78 is 5.08. The molecule has 0 amide bonds. The van der Waals surface area contributed by atoms with E-state index in [1.165, 1.54) is 77.6 Å². The molecular weight excluding hydrogens is 803 g/mol. The second kappa shape index (κ2) is 16.4. The number of hydrogen-bond donors (Lipinski definition) is 0. The molecule has 3 aromatic heterocycles. The Balaban J connectivity index is 0.00000110. The average Bonchev–Trinajstić information content (AvgIpc) is 3.92. The minimum absolute atomic E-state index is 0.654. The fourth-order valence-electron chi connectivity index (χ4n) is 10.2. The lowest BCUT2D eigenvalue weighted by Gasteiger charge is -2.20. The summed E-state index contributed by atoms with van der Waals surface area (Å²) in [5, 5.41) is 7.33. The van der Waals surface area contributed by atoms with Crippen LogP contribution in [-0.2, 0) is 19.3 Å². The van der Waals surface area contributed by atoms with Gasteiger partial charge in [-0.15, -0.1) is 0 Å². The van der Waals surface area contributed by atoms with Crippen molar-refractivity contribution in [3.8, 4) is 56.7 Å². The van der Waals surface area contributed by atoms with Gasteiger partial charge in [0.2, 0.25) is 0 Å². The van der Waals surface area contributed by atoms with Crippen molar-refractivity contribution in [3.63, 3.8) is 0 Å². The van der Waals surface area contributed by atoms with Crippen LogP contribution in [0, 0.1) is 0 Å². The van der Waals surface area contributed by atoms with E-state index in [2.05, 4.69) is 179 Å². The van der Waals surface area contributed by atoms with E-state index in [0.29, 0.717) is 17.5 Å². The summed E-state index contributed by atoms with van der Waals surface area (Å²) in [6.45, 7) is 4.00. The SMILES string of the molecule is C/C=C\C.C1=Cc2c(c3c(ccc4c5c(n(-c6ccc7cc(-c8nc(-c9ccccc9)nc(-c9ccc%10ccccc%10c9)n8)ccc7c6)c43)CCc3ccccc3-5)n2-c2ccccc2)CC1. The maximum Gasteiger partial charge on any atom is 0.164 e. The third-order valence-corrected chi connectivity index (χ3v) is 13.4. The summed E-state index contributed by atoms with van der Waals surface area (Å²) in [5.41, 5.74) is 16.1. The highest BCUT2D eigenvalue weighted by atomic mass is 15.0. The minimum atomic E-state index is 0.654. The molecule has 0 saturated carbocycles. The zero-order valence-electron chi connectivity index (χ0n) is 37.1. The van der Waals surface area contributed by atoms with Crippen LogP contribution in [0.1, 0.15) is 42.8 Å². The standard InChI is InChI=1S/C57H39N5.C4H8/c1-3-15-38(16-4-1)55-58-56(42-25-23-36-13-7-8-17-39(36)33-42)60-57(59-55)43-26-24-41-35-45(29-27-40(41)34-43)62-50-31-28-37-14-9-10-20-46(37)52(50)48-30-32-51-53(54(48)62)47-21-11-12-22-49(47)61(51)44-18-5-2-6-19-44;1-3-4-2/h1-10,12-20,22-27,29-30,32-35H,11,21,28,31H2;3-4H,1-2H3/b;4-3-. The van der Waals surface area contributed by atoms with Crippen LogP contribution >= 0.6 is 0 Å². The number of aromatic nitrogens is 5. The Labute approximate surface area is 384 Å². The van der Waals surface area contributed by atoms with E-state index in [1.54, 1.807) is 0 Å². The predicted molar refractivity (Wildman–Crippen MR) is 275 cm³/mol. The van der Waals surface area contributed by atoms with Gasteiger partial charge in [0.15, 0.2) is 17.5 Å². The highest BCUT2D eigenvalue weighted by Crippen LogP contribution is 2.47. The molecule has 0 fully saturated rings. The molecule has 2 aliphatic rings. The lowest BCUT2D eigenvalue weighted by atomic mass is 9.88. The molecule has 0 atom stereocenters. The van der Waals surface area contributed by atoms with Gasteiger partial charge in [0, 0.05) is 55.8 Å². The smallest absolute Gasteiger partial charge is 0.164 e. The van der Waals surface area contributed by atoms with Gasteiger partial charge in [0.25, 0.3) is 0 Å². The van der Waals surface area contributed by atoms with Crippen molar-refractivity contribution < 1.29 is 0 Å². The lowest BCUT2D eigenvalue weighted by molar-refractivity contribution is 0.867. The molecule has 11 aromatic rings. The second-order valence-electron chi connectivity index (χ2n) is 17.3. The van der Waals surface area contributed by atoms with Crippen molar-refractivity contribution in [1.82, 2.24) is 24.1 Å². The predicted octanol–water partition coefficient (Wildman–Crippen LogP) is 15.4. The van der Waals surface area contributed by atoms with Crippen LogP contribution in [0.2, 0.25) is 0 Å². The first-order valence-corrected chi connectivity index (χ1v) is 23.1. The Morgan fingerprint density at radius 2 is 1.11 bits per heavy atom. The van der Waals surface area contributed by atoms with Gasteiger partial charge >= 0.3 is 0 Å². The number of benzene rings is 8. The van der Waals surface area contributed by atoms with Crippen LogP contribution in [0.5, 0.6) is 0 Å². The summed E-state index contributed by atoms with van der Waals surface area (Å²) in [6, 6.07) is 63.3. The second-order valence-corrected chi connectivity index (χ2v) is 17.3. The van der Waals surface area contributed by atoms with Gasteiger partial charge in [-0.2, -0.15) is 0 Å². The molecule has 2 aliphatic carbocycles. The van der Waals surface area contributed by atoms with Crippen LogP contribution < -0.4 is 0 Å². The Hall–Kier alpha value is -8.15. The third kappa shape index (κ3) is 6.66. The molecule has 0 saturated heterocycles. The van der Waals surface area contributed by atoms with Crippen LogP contribution in [0.3, 0.4) is 0 Å². The monoisotopic (exact) mass is 849 g/mol. The zero-order chi connectivity index (χ0) is 44.1. The number of aryl methyl sites for hydroxylation is 2. The molecule has 0 unspecified atom stereocenters. The molecule has 0 bridgehead atoms. The van der Waals surface area contributed by atoms with Crippen molar-refractivity contribution in [3.05, 3.63) is 217 Å². The fraction of sp³-hybridized carbons (Fsp3) is 0.0984. The van der Waals surface area contributed by atoms with Gasteiger partial charge in [0.05, 0.1) is 11.0 Å². The maximum absolute atomic E-state index is 5.13. The normalized spacial score (nSPS) is 12.9. The molecule has 0 spiro atoms. The first-order chi connectivity index (χ1) is 32.6. The summed E-state index contributed by atoms with van der Waals surface area (Å²) >= 11 is 0. The van der Waals surface area contributed by atoms with E-state index >= 15 is 0 Å². The topological polar surface area (TPSA) is 48.5 Å². The molecular formula is C61H47N5. The third-order valence-electron chi connectivity index (χ3n) is 13.4.